The first kappa shape index (κ1) is 13.0. The molecule has 0 amide bonds. The molecular formula is C19H18ClN. The maximum absolute atomic E-state index is 6.18. The minimum absolute atomic E-state index is 0.332. The van der Waals surface area contributed by atoms with Crippen LogP contribution in [0.2, 0.25) is 5.02 Å². The number of hydrogen-bond acceptors (Lipinski definition) is 1. The first-order valence-electron chi connectivity index (χ1n) is 7.51. The van der Waals surface area contributed by atoms with Gasteiger partial charge in [-0.3, -0.25) is 0 Å². The second-order valence-corrected chi connectivity index (χ2v) is 6.56. The van der Waals surface area contributed by atoms with E-state index in [0.29, 0.717) is 17.9 Å². The van der Waals surface area contributed by atoms with E-state index in [4.69, 9.17) is 11.6 Å². The van der Waals surface area contributed by atoms with Crippen LogP contribution in [0.1, 0.15) is 35.1 Å². The lowest BCUT2D eigenvalue weighted by Gasteiger charge is -2.37. The molecule has 2 heteroatoms. The molecular weight excluding hydrogens is 278 g/mol. The summed E-state index contributed by atoms with van der Waals surface area (Å²) < 4.78 is 0. The molecule has 0 spiro atoms. The number of rotatable bonds is 1. The van der Waals surface area contributed by atoms with Gasteiger partial charge in [-0.25, -0.2) is 0 Å². The molecule has 0 radical (unpaired) electrons. The van der Waals surface area contributed by atoms with E-state index in [1.807, 2.05) is 12.1 Å². The quantitative estimate of drug-likeness (QED) is 0.687. The van der Waals surface area contributed by atoms with E-state index in [2.05, 4.69) is 54.7 Å². The van der Waals surface area contributed by atoms with E-state index >= 15 is 0 Å². The number of nitrogens with one attached hydrogen (secondary N) is 1. The summed E-state index contributed by atoms with van der Waals surface area (Å²) in [6.45, 7) is 2.16. The Hall–Kier alpha value is -1.73. The van der Waals surface area contributed by atoms with Crippen LogP contribution >= 0.6 is 11.6 Å². The van der Waals surface area contributed by atoms with Crippen molar-refractivity contribution in [3.63, 3.8) is 0 Å². The van der Waals surface area contributed by atoms with Gasteiger partial charge < -0.3 is 5.32 Å². The fraction of sp³-hybridized carbons (Fsp3) is 0.263. The summed E-state index contributed by atoms with van der Waals surface area (Å²) in [6.07, 6.45) is 5.83. The predicted molar refractivity (Wildman–Crippen MR) is 89.0 cm³/mol. The minimum Gasteiger partial charge on any atom is -0.378 e. The van der Waals surface area contributed by atoms with Gasteiger partial charge in [-0.1, -0.05) is 53.6 Å². The maximum Gasteiger partial charge on any atom is 0.0554 e. The number of anilines is 1. The Morgan fingerprint density at radius 1 is 1.14 bits per heavy atom. The number of hydrogen-bond donors (Lipinski definition) is 1. The van der Waals surface area contributed by atoms with Gasteiger partial charge in [0.2, 0.25) is 0 Å². The lowest BCUT2D eigenvalue weighted by molar-refractivity contribution is 0.425. The molecule has 2 aromatic carbocycles. The van der Waals surface area contributed by atoms with Gasteiger partial charge in [0.15, 0.2) is 0 Å². The molecule has 0 bridgehead atoms. The smallest absolute Gasteiger partial charge is 0.0554 e. The first-order valence-corrected chi connectivity index (χ1v) is 7.89. The Morgan fingerprint density at radius 3 is 2.90 bits per heavy atom. The first-order chi connectivity index (χ1) is 10.2. The average Bonchev–Trinajstić information content (AvgIpc) is 2.96. The molecule has 0 saturated carbocycles. The Balaban J connectivity index is 1.80. The maximum atomic E-state index is 6.18. The molecule has 3 unspecified atom stereocenters. The summed E-state index contributed by atoms with van der Waals surface area (Å²) in [7, 11) is 0. The number of fused-ring (bicyclic) bond motifs is 3. The second kappa shape index (κ2) is 4.92. The Labute approximate surface area is 130 Å². The third kappa shape index (κ3) is 2.16. The summed E-state index contributed by atoms with van der Waals surface area (Å²) in [5.41, 5.74) is 5.31. The highest BCUT2D eigenvalue weighted by atomic mass is 35.5. The van der Waals surface area contributed by atoms with Crippen molar-refractivity contribution in [2.24, 2.45) is 5.92 Å². The second-order valence-electron chi connectivity index (χ2n) is 6.12. The highest BCUT2D eigenvalue weighted by Gasteiger charge is 2.37. The molecule has 2 aliphatic rings. The van der Waals surface area contributed by atoms with Crippen LogP contribution in [0.15, 0.2) is 54.6 Å². The van der Waals surface area contributed by atoms with Crippen molar-refractivity contribution < 1.29 is 0 Å². The van der Waals surface area contributed by atoms with Crippen LogP contribution in [0.25, 0.3) is 0 Å². The summed E-state index contributed by atoms with van der Waals surface area (Å²) in [6, 6.07) is 15.3. The van der Waals surface area contributed by atoms with E-state index in [-0.39, 0.29) is 0 Å². The molecule has 3 atom stereocenters. The lowest BCUT2D eigenvalue weighted by Crippen LogP contribution is -2.29. The van der Waals surface area contributed by atoms with Crippen molar-refractivity contribution in [3.8, 4) is 0 Å². The molecule has 0 fully saturated rings. The number of aryl methyl sites for hydroxylation is 1. The van der Waals surface area contributed by atoms with Gasteiger partial charge in [0.25, 0.3) is 0 Å². The fourth-order valence-corrected chi connectivity index (χ4v) is 3.94. The van der Waals surface area contributed by atoms with Gasteiger partial charge in [0, 0.05) is 16.6 Å². The molecule has 2 aromatic rings. The zero-order valence-corrected chi connectivity index (χ0v) is 12.8. The van der Waals surface area contributed by atoms with E-state index in [9.17, 15) is 0 Å². The molecule has 21 heavy (non-hydrogen) atoms. The largest absolute Gasteiger partial charge is 0.378 e. The zero-order chi connectivity index (χ0) is 14.4. The Morgan fingerprint density at radius 2 is 2.05 bits per heavy atom. The summed E-state index contributed by atoms with van der Waals surface area (Å²) in [5.74, 6) is 1.10. The average molecular weight is 296 g/mol. The van der Waals surface area contributed by atoms with Crippen LogP contribution in [-0.2, 0) is 0 Å². The van der Waals surface area contributed by atoms with Crippen LogP contribution in [0.3, 0.4) is 0 Å². The highest BCUT2D eigenvalue weighted by molar-refractivity contribution is 6.30. The van der Waals surface area contributed by atoms with Gasteiger partial charge in [0.1, 0.15) is 0 Å². The number of benzene rings is 2. The van der Waals surface area contributed by atoms with E-state index in [1.54, 1.807) is 0 Å². The third-order valence-electron chi connectivity index (χ3n) is 4.73. The highest BCUT2D eigenvalue weighted by Crippen LogP contribution is 2.50. The number of halogens is 1. The SMILES string of the molecule is Cc1ccc2c(c1)C1C=CCC1C(c1cccc(Cl)c1)N2. The van der Waals surface area contributed by atoms with Crippen molar-refractivity contribution in [2.45, 2.75) is 25.3 Å². The molecule has 1 aliphatic heterocycles. The van der Waals surface area contributed by atoms with E-state index in [0.717, 1.165) is 11.4 Å². The van der Waals surface area contributed by atoms with Crippen molar-refractivity contribution in [1.82, 2.24) is 0 Å². The van der Waals surface area contributed by atoms with Crippen LogP contribution < -0.4 is 5.32 Å². The van der Waals surface area contributed by atoms with Crippen LogP contribution in [0.5, 0.6) is 0 Å². The van der Waals surface area contributed by atoms with Crippen LogP contribution in [0.4, 0.5) is 5.69 Å². The predicted octanol–water partition coefficient (Wildman–Crippen LogP) is 5.47. The normalized spacial score (nSPS) is 26.1. The van der Waals surface area contributed by atoms with Crippen molar-refractivity contribution in [3.05, 3.63) is 76.3 Å². The fourth-order valence-electron chi connectivity index (χ4n) is 3.74. The van der Waals surface area contributed by atoms with Crippen molar-refractivity contribution in [1.29, 1.82) is 0 Å². The Kier molecular flexibility index (Phi) is 3.04. The number of allylic oxidation sites excluding steroid dienone is 2. The summed E-state index contributed by atoms with van der Waals surface area (Å²) >= 11 is 6.18. The van der Waals surface area contributed by atoms with Gasteiger partial charge in [-0.2, -0.15) is 0 Å². The van der Waals surface area contributed by atoms with Gasteiger partial charge in [0.05, 0.1) is 6.04 Å². The van der Waals surface area contributed by atoms with Crippen LogP contribution in [-0.4, -0.2) is 0 Å². The molecule has 1 aliphatic carbocycles. The van der Waals surface area contributed by atoms with Gasteiger partial charge in [-0.05, 0) is 48.6 Å². The molecule has 1 N–H and O–H groups in total. The minimum atomic E-state index is 0.332. The van der Waals surface area contributed by atoms with Gasteiger partial charge >= 0.3 is 0 Å². The summed E-state index contributed by atoms with van der Waals surface area (Å²) in [4.78, 5) is 0. The molecule has 106 valence electrons. The lowest BCUT2D eigenvalue weighted by atomic mass is 9.77. The standard InChI is InChI=1S/C19H18ClN/c1-12-8-9-18-17(10-12)15-6-3-7-16(15)19(21-18)13-4-2-5-14(20)11-13/h2-6,8-11,15-16,19,21H,7H2,1H3. The molecule has 1 nitrogen and oxygen atoms in total. The monoisotopic (exact) mass is 295 g/mol. The van der Waals surface area contributed by atoms with E-state index < -0.39 is 0 Å². The molecule has 0 saturated heterocycles. The van der Waals surface area contributed by atoms with Gasteiger partial charge in [-0.15, -0.1) is 0 Å². The molecule has 4 rings (SSSR count). The molecule has 1 heterocycles. The van der Waals surface area contributed by atoms with Crippen molar-refractivity contribution in [2.75, 3.05) is 5.32 Å². The zero-order valence-electron chi connectivity index (χ0n) is 12.0. The third-order valence-corrected chi connectivity index (χ3v) is 4.96. The topological polar surface area (TPSA) is 12.0 Å². The van der Waals surface area contributed by atoms with Crippen molar-refractivity contribution >= 4 is 17.3 Å². The van der Waals surface area contributed by atoms with E-state index in [1.165, 1.54) is 22.4 Å². The molecule has 0 aromatic heterocycles. The summed E-state index contributed by atoms with van der Waals surface area (Å²) in [5, 5.41) is 4.55. The van der Waals surface area contributed by atoms with Crippen LogP contribution in [0, 0.1) is 12.8 Å². The Bertz CT molecular complexity index is 719.